The summed E-state index contributed by atoms with van der Waals surface area (Å²) in [6.45, 7) is 5.41. The predicted octanol–water partition coefficient (Wildman–Crippen LogP) is -2.00. The van der Waals surface area contributed by atoms with E-state index < -0.39 is 95.8 Å². The van der Waals surface area contributed by atoms with Crippen LogP contribution in [0.3, 0.4) is 0 Å². The highest BCUT2D eigenvalue weighted by molar-refractivity contribution is 6.24. The van der Waals surface area contributed by atoms with Crippen LogP contribution in [-0.2, 0) is 54.4 Å². The number of amides is 10. The SMILES string of the molecule is CC(=O)N(C)CCCC1NC(=O)C(CCCN(O)C(=O)C=N)NC(=O)C(Cc2ccccc2)NC(=O)C(CC(C)C)NC(=O)C(CC(N)=O)NC(=O)C(CCCN(O)C(C)=O)NC1=O. The Kier molecular flexibility index (Phi) is 22.5. The van der Waals surface area contributed by atoms with Crippen LogP contribution in [0.15, 0.2) is 30.3 Å². The minimum atomic E-state index is -1.68. The standard InChI is InChI=1S/C41H63N11O12/c1-24(2)20-31-39(60)48-32(21-27-12-7-6-8-13-27)40(61)46-29(16-11-19-52(64)35(56)23-42)37(58)44-28(14-9-17-50(5)25(3)53)36(57)45-30(15-10-18-51(63)26(4)54)38(59)49-33(22-34(43)55)41(62)47-31/h6-8,12-13,23-24,28-33,42,63-64H,9-11,14-22H2,1-5H3,(H2,43,55)(H,44,58)(H,45,57)(H,46,61)(H,47,62)(H,48,60)(H,49,59). The Hall–Kier alpha value is -6.49. The molecule has 1 aromatic rings. The monoisotopic (exact) mass is 901 g/mol. The number of hydroxylamine groups is 4. The highest BCUT2D eigenvalue weighted by Gasteiger charge is 2.36. The Morgan fingerprint density at radius 2 is 1.05 bits per heavy atom. The first kappa shape index (κ1) is 53.6. The largest absolute Gasteiger partial charge is 0.370 e. The second-order valence-electron chi connectivity index (χ2n) is 16.0. The van der Waals surface area contributed by atoms with Crippen molar-refractivity contribution in [1.29, 1.82) is 5.41 Å². The molecule has 1 fully saturated rings. The molecular formula is C41H63N11O12. The highest BCUT2D eigenvalue weighted by atomic mass is 16.5. The molecule has 1 aliphatic heterocycles. The van der Waals surface area contributed by atoms with Gasteiger partial charge in [0.05, 0.1) is 12.6 Å². The molecule has 0 spiro atoms. The van der Waals surface area contributed by atoms with Gasteiger partial charge in [0.1, 0.15) is 36.3 Å². The van der Waals surface area contributed by atoms with Crippen LogP contribution in [0.4, 0.5) is 0 Å². The van der Waals surface area contributed by atoms with E-state index in [2.05, 4.69) is 31.9 Å². The molecule has 354 valence electrons. The number of hydrogen-bond donors (Lipinski definition) is 10. The fraction of sp³-hybridized carbons (Fsp3) is 0.585. The van der Waals surface area contributed by atoms with Crippen molar-refractivity contribution < 1.29 is 58.4 Å². The van der Waals surface area contributed by atoms with Gasteiger partial charge in [-0.05, 0) is 56.4 Å². The zero-order valence-electron chi connectivity index (χ0n) is 36.9. The third-order valence-electron chi connectivity index (χ3n) is 10.2. The third-order valence-corrected chi connectivity index (χ3v) is 10.2. The Morgan fingerprint density at radius 1 is 0.641 bits per heavy atom. The van der Waals surface area contributed by atoms with Crippen molar-refractivity contribution in [3.8, 4) is 0 Å². The van der Waals surface area contributed by atoms with Gasteiger partial charge in [0.2, 0.25) is 53.2 Å². The average molecular weight is 902 g/mol. The second-order valence-corrected chi connectivity index (χ2v) is 16.0. The van der Waals surface area contributed by atoms with Gasteiger partial charge in [0, 0.05) is 47.0 Å². The quantitative estimate of drug-likeness (QED) is 0.0410. The number of rotatable bonds is 19. The van der Waals surface area contributed by atoms with Crippen LogP contribution >= 0.6 is 0 Å². The lowest BCUT2D eigenvalue weighted by Crippen LogP contribution is -2.62. The van der Waals surface area contributed by atoms with Crippen LogP contribution in [-0.4, -0.2) is 154 Å². The smallest absolute Gasteiger partial charge is 0.287 e. The van der Waals surface area contributed by atoms with Crippen LogP contribution in [0.5, 0.6) is 0 Å². The minimum absolute atomic E-state index is 0.0156. The molecule has 2 rings (SSSR count). The lowest BCUT2D eigenvalue weighted by Gasteiger charge is -2.30. The number of nitrogens with one attached hydrogen (secondary N) is 7. The maximum Gasteiger partial charge on any atom is 0.287 e. The zero-order chi connectivity index (χ0) is 48.1. The highest BCUT2D eigenvalue weighted by Crippen LogP contribution is 2.12. The first-order valence-corrected chi connectivity index (χ1v) is 21.0. The van der Waals surface area contributed by atoms with E-state index in [4.69, 9.17) is 11.1 Å². The Morgan fingerprint density at radius 3 is 1.50 bits per heavy atom. The predicted molar refractivity (Wildman–Crippen MR) is 227 cm³/mol. The molecule has 6 unspecified atom stereocenters. The maximum atomic E-state index is 14.3. The van der Waals surface area contributed by atoms with E-state index in [1.54, 1.807) is 44.2 Å². The Labute approximate surface area is 371 Å². The van der Waals surface area contributed by atoms with Crippen molar-refractivity contribution in [2.75, 3.05) is 26.7 Å². The van der Waals surface area contributed by atoms with Gasteiger partial charge in [-0.15, -0.1) is 0 Å². The summed E-state index contributed by atoms with van der Waals surface area (Å²) in [5.41, 5.74) is 6.07. The summed E-state index contributed by atoms with van der Waals surface area (Å²) < 4.78 is 0. The molecule has 1 aromatic carbocycles. The summed E-state index contributed by atoms with van der Waals surface area (Å²) in [6.07, 6.45) is -1.17. The summed E-state index contributed by atoms with van der Waals surface area (Å²) in [6, 6.07) is -0.341. The molecule has 6 atom stereocenters. The van der Waals surface area contributed by atoms with Gasteiger partial charge in [0.25, 0.3) is 5.91 Å². The van der Waals surface area contributed by atoms with Crippen molar-refractivity contribution in [3.63, 3.8) is 0 Å². The molecule has 1 heterocycles. The molecule has 23 nitrogen and oxygen atoms in total. The van der Waals surface area contributed by atoms with Crippen LogP contribution < -0.4 is 37.6 Å². The van der Waals surface area contributed by atoms with Gasteiger partial charge in [-0.3, -0.25) is 58.4 Å². The Balaban J connectivity index is 2.77. The number of carbonyl (C=O) groups is 10. The zero-order valence-corrected chi connectivity index (χ0v) is 36.9. The van der Waals surface area contributed by atoms with Gasteiger partial charge < -0.3 is 47.9 Å². The lowest BCUT2D eigenvalue weighted by atomic mass is 9.99. The first-order chi connectivity index (χ1) is 30.1. The number of hydrogen-bond acceptors (Lipinski definition) is 13. The second kappa shape index (κ2) is 26.9. The van der Waals surface area contributed by atoms with Crippen molar-refractivity contribution in [1.82, 2.24) is 46.9 Å². The number of benzene rings is 1. The summed E-state index contributed by atoms with van der Waals surface area (Å²) in [4.78, 5) is 134. The molecule has 0 radical (unpaired) electrons. The van der Waals surface area contributed by atoms with Gasteiger partial charge in [0.15, 0.2) is 0 Å². The van der Waals surface area contributed by atoms with Crippen molar-refractivity contribution in [2.24, 2.45) is 11.7 Å². The van der Waals surface area contributed by atoms with E-state index in [1.807, 2.05) is 0 Å². The molecule has 23 heteroatoms. The fourth-order valence-electron chi connectivity index (χ4n) is 6.54. The fourth-order valence-corrected chi connectivity index (χ4v) is 6.54. The molecular weight excluding hydrogens is 839 g/mol. The van der Waals surface area contributed by atoms with E-state index in [9.17, 15) is 58.4 Å². The van der Waals surface area contributed by atoms with Crippen molar-refractivity contribution >= 4 is 65.3 Å². The van der Waals surface area contributed by atoms with Gasteiger partial charge >= 0.3 is 0 Å². The number of nitrogens with zero attached hydrogens (tertiary/aromatic N) is 3. The van der Waals surface area contributed by atoms with Crippen LogP contribution in [0.2, 0.25) is 0 Å². The van der Waals surface area contributed by atoms with Crippen molar-refractivity contribution in [3.05, 3.63) is 35.9 Å². The van der Waals surface area contributed by atoms with Crippen LogP contribution in [0, 0.1) is 11.3 Å². The molecule has 11 N–H and O–H groups in total. The maximum absolute atomic E-state index is 14.3. The molecule has 10 amide bonds. The molecule has 0 bridgehead atoms. The Bertz CT molecular complexity index is 1830. The summed E-state index contributed by atoms with van der Waals surface area (Å²) >= 11 is 0. The van der Waals surface area contributed by atoms with Crippen LogP contribution in [0.1, 0.15) is 84.6 Å². The summed E-state index contributed by atoms with van der Waals surface area (Å²) in [5.74, 6) is -8.84. The van der Waals surface area contributed by atoms with E-state index in [1.165, 1.54) is 18.9 Å². The molecule has 1 aliphatic rings. The van der Waals surface area contributed by atoms with Crippen LogP contribution in [0.25, 0.3) is 0 Å². The molecule has 0 saturated carbocycles. The molecule has 64 heavy (non-hydrogen) atoms. The normalized spacial score (nSPS) is 21.4. The van der Waals surface area contributed by atoms with E-state index in [-0.39, 0.29) is 87.9 Å². The van der Waals surface area contributed by atoms with E-state index in [0.717, 1.165) is 6.92 Å². The van der Waals surface area contributed by atoms with Crippen molar-refractivity contribution in [2.45, 2.75) is 122 Å². The van der Waals surface area contributed by atoms with Gasteiger partial charge in [-0.25, -0.2) is 10.1 Å². The van der Waals surface area contributed by atoms with E-state index >= 15 is 0 Å². The number of primary amides is 1. The minimum Gasteiger partial charge on any atom is -0.370 e. The molecule has 1 saturated heterocycles. The first-order valence-electron chi connectivity index (χ1n) is 21.0. The van der Waals surface area contributed by atoms with Gasteiger partial charge in [-0.2, -0.15) is 0 Å². The number of carbonyl (C=O) groups excluding carboxylic acids is 10. The lowest BCUT2D eigenvalue weighted by molar-refractivity contribution is -0.163. The van der Waals surface area contributed by atoms with Gasteiger partial charge in [-0.1, -0.05) is 44.2 Å². The molecule has 0 aliphatic carbocycles. The average Bonchev–Trinajstić information content (AvgIpc) is 3.23. The number of nitrogens with two attached hydrogens (primary N) is 1. The summed E-state index contributed by atoms with van der Waals surface area (Å²) in [5, 5.41) is 43.2. The van der Waals surface area contributed by atoms with E-state index in [0.29, 0.717) is 16.8 Å². The topological polar surface area (TPSA) is 343 Å². The molecule has 0 aromatic heterocycles. The third kappa shape index (κ3) is 18.9. The summed E-state index contributed by atoms with van der Waals surface area (Å²) in [7, 11) is 1.52.